The molecule has 0 aliphatic carbocycles. The molecule has 0 aliphatic heterocycles. The first-order valence-corrected chi connectivity index (χ1v) is 6.61. The molecule has 0 spiro atoms. The zero-order valence-corrected chi connectivity index (χ0v) is 12.6. The molecule has 1 N–H and O–H groups in total. The fraction of sp³-hybridized carbons (Fsp3) is 0.429. The van der Waals surface area contributed by atoms with Crippen molar-refractivity contribution >= 4 is 15.9 Å². The maximum absolute atomic E-state index is 5.54. The van der Waals surface area contributed by atoms with Crippen LogP contribution >= 0.6 is 15.9 Å². The molecule has 1 aromatic carbocycles. The minimum absolute atomic E-state index is 0.610. The molecule has 1 rings (SSSR count). The Bertz CT molecular complexity index is 449. The van der Waals surface area contributed by atoms with Crippen LogP contribution in [0.15, 0.2) is 16.6 Å². The number of benzene rings is 1. The van der Waals surface area contributed by atoms with Gasteiger partial charge in [-0.15, -0.1) is 5.92 Å². The van der Waals surface area contributed by atoms with Crippen molar-refractivity contribution in [3.05, 3.63) is 22.2 Å². The lowest BCUT2D eigenvalue weighted by atomic mass is 10.2. The van der Waals surface area contributed by atoms with Gasteiger partial charge >= 0.3 is 0 Å². The Morgan fingerprint density at radius 1 is 1.39 bits per heavy atom. The molecule has 0 radical (unpaired) electrons. The molecule has 0 atom stereocenters. The second-order valence-electron chi connectivity index (χ2n) is 3.57. The van der Waals surface area contributed by atoms with Crippen LogP contribution in [-0.2, 0) is 6.54 Å². The van der Waals surface area contributed by atoms with Crippen molar-refractivity contribution in [3.63, 3.8) is 0 Å². The van der Waals surface area contributed by atoms with E-state index in [1.54, 1.807) is 7.11 Å². The first-order chi connectivity index (χ1) is 8.72. The third-order valence-corrected chi connectivity index (χ3v) is 2.89. The van der Waals surface area contributed by atoms with E-state index in [1.807, 2.05) is 26.0 Å². The van der Waals surface area contributed by atoms with Gasteiger partial charge < -0.3 is 14.8 Å². The molecule has 4 heteroatoms. The molecule has 3 nitrogen and oxygen atoms in total. The van der Waals surface area contributed by atoms with Gasteiger partial charge in [0.1, 0.15) is 0 Å². The lowest BCUT2D eigenvalue weighted by Gasteiger charge is -2.13. The smallest absolute Gasteiger partial charge is 0.175 e. The van der Waals surface area contributed by atoms with Crippen LogP contribution in [-0.4, -0.2) is 20.3 Å². The highest BCUT2D eigenvalue weighted by atomic mass is 79.9. The van der Waals surface area contributed by atoms with Crippen LogP contribution < -0.4 is 14.8 Å². The van der Waals surface area contributed by atoms with E-state index in [0.29, 0.717) is 13.2 Å². The predicted molar refractivity (Wildman–Crippen MR) is 77.0 cm³/mol. The normalized spacial score (nSPS) is 9.56. The van der Waals surface area contributed by atoms with Gasteiger partial charge in [-0.3, -0.25) is 0 Å². The highest BCUT2D eigenvalue weighted by molar-refractivity contribution is 9.10. The molecule has 0 unspecified atom stereocenters. The number of ether oxygens (including phenoxy) is 2. The first kappa shape index (κ1) is 14.9. The summed E-state index contributed by atoms with van der Waals surface area (Å²) in [6, 6.07) is 4.00. The Balaban J connectivity index is 2.81. The quantitative estimate of drug-likeness (QED) is 0.647. The Labute approximate surface area is 117 Å². The largest absolute Gasteiger partial charge is 0.493 e. The highest BCUT2D eigenvalue weighted by Gasteiger charge is 2.10. The highest BCUT2D eigenvalue weighted by Crippen LogP contribution is 2.36. The number of rotatable bonds is 6. The lowest BCUT2D eigenvalue weighted by Crippen LogP contribution is -2.13. The molecular formula is C14H18BrNO2. The van der Waals surface area contributed by atoms with Crippen LogP contribution in [0.5, 0.6) is 11.5 Å². The van der Waals surface area contributed by atoms with Crippen molar-refractivity contribution in [3.8, 4) is 23.3 Å². The van der Waals surface area contributed by atoms with Crippen LogP contribution in [0.4, 0.5) is 0 Å². The molecule has 0 amide bonds. The van der Waals surface area contributed by atoms with Gasteiger partial charge in [-0.1, -0.05) is 5.92 Å². The summed E-state index contributed by atoms with van der Waals surface area (Å²) in [5.41, 5.74) is 1.13. The molecule has 0 heterocycles. The van der Waals surface area contributed by atoms with Crippen LogP contribution in [0.3, 0.4) is 0 Å². The molecule has 0 aliphatic rings. The van der Waals surface area contributed by atoms with Gasteiger partial charge in [0.2, 0.25) is 0 Å². The summed E-state index contributed by atoms with van der Waals surface area (Å²) in [5, 5.41) is 3.24. The fourth-order valence-corrected chi connectivity index (χ4v) is 2.12. The maximum Gasteiger partial charge on any atom is 0.175 e. The van der Waals surface area contributed by atoms with E-state index in [0.717, 1.165) is 28.1 Å². The van der Waals surface area contributed by atoms with Crippen LogP contribution in [0.1, 0.15) is 19.4 Å². The van der Waals surface area contributed by atoms with Crippen LogP contribution in [0.2, 0.25) is 0 Å². The minimum Gasteiger partial charge on any atom is -0.493 e. The minimum atomic E-state index is 0.610. The van der Waals surface area contributed by atoms with Gasteiger partial charge in [-0.25, -0.2) is 0 Å². The van der Waals surface area contributed by atoms with Gasteiger partial charge in [0, 0.05) is 6.54 Å². The van der Waals surface area contributed by atoms with E-state index >= 15 is 0 Å². The number of hydrogen-bond donors (Lipinski definition) is 1. The van der Waals surface area contributed by atoms with E-state index in [4.69, 9.17) is 9.47 Å². The number of methoxy groups -OCH3 is 1. The number of hydrogen-bond acceptors (Lipinski definition) is 3. The zero-order chi connectivity index (χ0) is 13.4. The van der Waals surface area contributed by atoms with E-state index in [2.05, 4.69) is 33.1 Å². The Kier molecular flexibility index (Phi) is 6.63. The van der Waals surface area contributed by atoms with Gasteiger partial charge in [0.15, 0.2) is 11.5 Å². The second-order valence-corrected chi connectivity index (χ2v) is 4.43. The molecular weight excluding hydrogens is 294 g/mol. The molecule has 0 fully saturated rings. The van der Waals surface area contributed by atoms with Crippen molar-refractivity contribution in [2.45, 2.75) is 20.4 Å². The van der Waals surface area contributed by atoms with Crippen molar-refractivity contribution in [2.24, 2.45) is 0 Å². The average molecular weight is 312 g/mol. The van der Waals surface area contributed by atoms with Gasteiger partial charge in [-0.2, -0.15) is 0 Å². The summed E-state index contributed by atoms with van der Waals surface area (Å²) < 4.78 is 11.8. The summed E-state index contributed by atoms with van der Waals surface area (Å²) in [6.07, 6.45) is 0. The summed E-state index contributed by atoms with van der Waals surface area (Å²) in [5.74, 6) is 7.30. The van der Waals surface area contributed by atoms with Crippen molar-refractivity contribution in [1.82, 2.24) is 5.32 Å². The van der Waals surface area contributed by atoms with Crippen LogP contribution in [0.25, 0.3) is 0 Å². The molecule has 1 aromatic rings. The third kappa shape index (κ3) is 4.25. The summed E-state index contributed by atoms with van der Waals surface area (Å²) in [7, 11) is 1.64. The van der Waals surface area contributed by atoms with Crippen molar-refractivity contribution < 1.29 is 9.47 Å². The second kappa shape index (κ2) is 8.02. The molecule has 98 valence electrons. The average Bonchev–Trinajstić information content (AvgIpc) is 2.37. The SMILES string of the molecule is CC#CCNCc1cc(Br)c(OCC)c(OC)c1. The molecule has 0 saturated heterocycles. The van der Waals surface area contributed by atoms with Crippen molar-refractivity contribution in [1.29, 1.82) is 0 Å². The van der Waals surface area contributed by atoms with Crippen LogP contribution in [0, 0.1) is 11.8 Å². The van der Waals surface area contributed by atoms with E-state index in [9.17, 15) is 0 Å². The van der Waals surface area contributed by atoms with Crippen molar-refractivity contribution in [2.75, 3.05) is 20.3 Å². The molecule has 0 saturated carbocycles. The van der Waals surface area contributed by atoms with Gasteiger partial charge in [0.05, 0.1) is 24.7 Å². The molecule has 0 bridgehead atoms. The third-order valence-electron chi connectivity index (χ3n) is 2.30. The molecule has 18 heavy (non-hydrogen) atoms. The summed E-state index contributed by atoms with van der Waals surface area (Å²) >= 11 is 3.50. The van der Waals surface area contributed by atoms with Gasteiger partial charge in [0.25, 0.3) is 0 Å². The summed E-state index contributed by atoms with van der Waals surface area (Å²) in [6.45, 7) is 5.82. The monoisotopic (exact) mass is 311 g/mol. The summed E-state index contributed by atoms with van der Waals surface area (Å²) in [4.78, 5) is 0. The maximum atomic E-state index is 5.54. The first-order valence-electron chi connectivity index (χ1n) is 5.82. The lowest BCUT2D eigenvalue weighted by molar-refractivity contribution is 0.308. The van der Waals surface area contributed by atoms with E-state index < -0.39 is 0 Å². The zero-order valence-electron chi connectivity index (χ0n) is 11.0. The number of halogens is 1. The van der Waals surface area contributed by atoms with E-state index in [1.165, 1.54) is 0 Å². The number of nitrogens with one attached hydrogen (secondary N) is 1. The molecule has 0 aromatic heterocycles. The topological polar surface area (TPSA) is 30.5 Å². The standard InChI is InChI=1S/C14H18BrNO2/c1-4-6-7-16-10-11-8-12(15)14(18-5-2)13(9-11)17-3/h8-9,16H,5,7,10H2,1-3H3. The Hall–Kier alpha value is -1.18. The fourth-order valence-electron chi connectivity index (χ4n) is 1.52. The Morgan fingerprint density at radius 2 is 2.17 bits per heavy atom. The van der Waals surface area contributed by atoms with E-state index in [-0.39, 0.29) is 0 Å². The predicted octanol–water partition coefficient (Wildman–Crippen LogP) is 2.97. The Morgan fingerprint density at radius 3 is 2.78 bits per heavy atom. The van der Waals surface area contributed by atoms with Gasteiger partial charge in [-0.05, 0) is 47.5 Å².